The number of aromatic carboxylic acids is 5. The second-order valence-corrected chi connectivity index (χ2v) is 8.50. The predicted octanol–water partition coefficient (Wildman–Crippen LogP) is 5.18. The highest BCUT2D eigenvalue weighted by atomic mass is 16.4. The predicted molar refractivity (Wildman–Crippen MR) is 138 cm³/mol. The van der Waals surface area contributed by atoms with Crippen LogP contribution in [0.5, 0.6) is 0 Å². The Morgan fingerprint density at radius 2 is 0.564 bits per heavy atom. The van der Waals surface area contributed by atoms with Crippen molar-refractivity contribution in [2.75, 3.05) is 0 Å². The third-order valence-corrected chi connectivity index (χ3v) is 5.92. The van der Waals surface area contributed by atoms with Gasteiger partial charge in [-0.15, -0.1) is 0 Å². The van der Waals surface area contributed by atoms with E-state index < -0.39 is 29.8 Å². The van der Waals surface area contributed by atoms with Gasteiger partial charge in [-0.3, -0.25) is 0 Å². The standard InChI is InChI=1S/C29H18O10/c30-25(31)15-3-1-14(2-4-15)16-5-17(19-8-21(26(32)33)12-22(9-19)27(34)35)7-18(6-16)20-10-23(28(36)37)13-24(11-20)29(38)39/h1-13H,(H,30,31)(H,32,33)(H,34,35)(H,36,37)(H,38,39). The van der Waals surface area contributed by atoms with Crippen molar-refractivity contribution < 1.29 is 49.5 Å². The number of benzene rings is 4. The van der Waals surface area contributed by atoms with Crippen LogP contribution in [0.2, 0.25) is 0 Å². The average Bonchev–Trinajstić information content (AvgIpc) is 2.92. The smallest absolute Gasteiger partial charge is 0.335 e. The summed E-state index contributed by atoms with van der Waals surface area (Å²) in [7, 11) is 0. The van der Waals surface area contributed by atoms with Crippen LogP contribution in [0.15, 0.2) is 78.9 Å². The molecule has 0 aliphatic heterocycles. The Morgan fingerprint density at radius 1 is 0.308 bits per heavy atom. The van der Waals surface area contributed by atoms with Crippen LogP contribution in [-0.4, -0.2) is 55.4 Å². The van der Waals surface area contributed by atoms with Crippen LogP contribution >= 0.6 is 0 Å². The molecular formula is C29H18O10. The highest BCUT2D eigenvalue weighted by Gasteiger charge is 2.17. The molecule has 0 saturated carbocycles. The van der Waals surface area contributed by atoms with Gasteiger partial charge in [-0.05, 0) is 100 Å². The molecule has 5 N–H and O–H groups in total. The van der Waals surface area contributed by atoms with Crippen LogP contribution in [0.1, 0.15) is 51.8 Å². The first-order valence-electron chi connectivity index (χ1n) is 11.2. The normalized spacial score (nSPS) is 10.6. The third kappa shape index (κ3) is 5.65. The first-order valence-corrected chi connectivity index (χ1v) is 11.2. The monoisotopic (exact) mass is 526 g/mol. The van der Waals surface area contributed by atoms with Crippen LogP contribution in [0.3, 0.4) is 0 Å². The first-order chi connectivity index (χ1) is 18.4. The molecule has 4 rings (SSSR count). The van der Waals surface area contributed by atoms with E-state index in [1.807, 2.05) is 0 Å². The minimum atomic E-state index is -1.35. The van der Waals surface area contributed by atoms with Gasteiger partial charge in [0.15, 0.2) is 0 Å². The summed E-state index contributed by atoms with van der Waals surface area (Å²) in [4.78, 5) is 58.0. The highest BCUT2D eigenvalue weighted by molar-refractivity contribution is 5.98. The Balaban J connectivity index is 2.01. The van der Waals surface area contributed by atoms with Gasteiger partial charge in [-0.1, -0.05) is 12.1 Å². The Bertz CT molecular complexity index is 1530. The molecule has 0 aliphatic rings. The van der Waals surface area contributed by atoms with Gasteiger partial charge in [0.05, 0.1) is 27.8 Å². The van der Waals surface area contributed by atoms with Crippen molar-refractivity contribution in [3.63, 3.8) is 0 Å². The summed E-state index contributed by atoms with van der Waals surface area (Å²) < 4.78 is 0. The number of carboxylic acids is 5. The van der Waals surface area contributed by atoms with Crippen molar-refractivity contribution >= 4 is 29.8 Å². The van der Waals surface area contributed by atoms with Crippen molar-refractivity contribution in [2.45, 2.75) is 0 Å². The van der Waals surface area contributed by atoms with Crippen molar-refractivity contribution in [2.24, 2.45) is 0 Å². The molecule has 4 aromatic carbocycles. The molecule has 0 unspecified atom stereocenters. The largest absolute Gasteiger partial charge is 0.478 e. The lowest BCUT2D eigenvalue weighted by Crippen LogP contribution is -2.03. The van der Waals surface area contributed by atoms with Crippen LogP contribution < -0.4 is 0 Å². The summed E-state index contributed by atoms with van der Waals surface area (Å²) in [5.41, 5.74) is 1.14. The van der Waals surface area contributed by atoms with Gasteiger partial charge >= 0.3 is 29.8 Å². The lowest BCUT2D eigenvalue weighted by Gasteiger charge is -2.13. The summed E-state index contributed by atoms with van der Waals surface area (Å²) in [5, 5.41) is 47.3. The van der Waals surface area contributed by atoms with Gasteiger partial charge in [-0.25, -0.2) is 24.0 Å². The zero-order valence-electron chi connectivity index (χ0n) is 19.8. The van der Waals surface area contributed by atoms with E-state index in [4.69, 9.17) is 0 Å². The van der Waals surface area contributed by atoms with E-state index in [9.17, 15) is 49.5 Å². The van der Waals surface area contributed by atoms with Gasteiger partial charge in [-0.2, -0.15) is 0 Å². The fraction of sp³-hybridized carbons (Fsp3) is 0. The maximum absolute atomic E-state index is 11.7. The van der Waals surface area contributed by atoms with E-state index in [1.165, 1.54) is 36.4 Å². The number of carbonyl (C=O) groups is 5. The summed E-state index contributed by atoms with van der Waals surface area (Å²) in [6.45, 7) is 0. The maximum Gasteiger partial charge on any atom is 0.335 e. The maximum atomic E-state index is 11.7. The van der Waals surface area contributed by atoms with Crippen molar-refractivity contribution in [3.8, 4) is 33.4 Å². The van der Waals surface area contributed by atoms with Crippen LogP contribution in [0, 0.1) is 0 Å². The molecule has 0 spiro atoms. The van der Waals surface area contributed by atoms with Crippen molar-refractivity contribution in [1.82, 2.24) is 0 Å². The summed E-state index contributed by atoms with van der Waals surface area (Å²) in [6, 6.07) is 17.8. The molecule has 10 nitrogen and oxygen atoms in total. The Labute approximate surface area is 219 Å². The fourth-order valence-electron chi connectivity index (χ4n) is 4.02. The molecule has 0 bridgehead atoms. The van der Waals surface area contributed by atoms with E-state index in [2.05, 4.69) is 0 Å². The summed E-state index contributed by atoms with van der Waals surface area (Å²) in [6.07, 6.45) is 0. The fourth-order valence-corrected chi connectivity index (χ4v) is 4.02. The molecule has 0 fully saturated rings. The molecule has 4 aromatic rings. The summed E-state index contributed by atoms with van der Waals surface area (Å²) in [5.74, 6) is -6.52. The first kappa shape index (κ1) is 26.3. The topological polar surface area (TPSA) is 186 Å². The second kappa shape index (κ2) is 10.3. The van der Waals surface area contributed by atoms with E-state index in [-0.39, 0.29) is 38.9 Å². The Morgan fingerprint density at radius 3 is 0.846 bits per heavy atom. The third-order valence-electron chi connectivity index (χ3n) is 5.92. The molecule has 10 heteroatoms. The lowest BCUT2D eigenvalue weighted by molar-refractivity contribution is 0.0676. The second-order valence-electron chi connectivity index (χ2n) is 8.50. The Hall–Kier alpha value is -5.77. The number of hydrogen-bond donors (Lipinski definition) is 5. The Kier molecular flexibility index (Phi) is 6.95. The SMILES string of the molecule is O=C(O)c1ccc(-c2cc(-c3cc(C(=O)O)cc(C(=O)O)c3)cc(-c3cc(C(=O)O)cc(C(=O)O)c3)c2)cc1. The molecule has 39 heavy (non-hydrogen) atoms. The molecule has 0 radical (unpaired) electrons. The molecular weight excluding hydrogens is 508 g/mol. The van der Waals surface area contributed by atoms with Gasteiger partial charge < -0.3 is 25.5 Å². The number of carboxylic acid groups (broad SMARTS) is 5. The van der Waals surface area contributed by atoms with Gasteiger partial charge in [0.2, 0.25) is 0 Å². The highest BCUT2D eigenvalue weighted by Crippen LogP contribution is 2.35. The molecule has 0 aromatic heterocycles. The zero-order chi connectivity index (χ0) is 28.4. The zero-order valence-corrected chi connectivity index (χ0v) is 19.8. The van der Waals surface area contributed by atoms with Crippen LogP contribution in [0.25, 0.3) is 33.4 Å². The molecule has 0 saturated heterocycles. The van der Waals surface area contributed by atoms with E-state index in [0.29, 0.717) is 22.3 Å². The minimum absolute atomic E-state index is 0.0376. The summed E-state index contributed by atoms with van der Waals surface area (Å²) >= 11 is 0. The van der Waals surface area contributed by atoms with E-state index >= 15 is 0 Å². The van der Waals surface area contributed by atoms with Gasteiger partial charge in [0.1, 0.15) is 0 Å². The molecule has 0 aliphatic carbocycles. The molecule has 194 valence electrons. The molecule has 0 heterocycles. The van der Waals surface area contributed by atoms with Crippen molar-refractivity contribution in [3.05, 3.63) is 107 Å². The number of hydrogen-bond acceptors (Lipinski definition) is 5. The minimum Gasteiger partial charge on any atom is -0.478 e. The van der Waals surface area contributed by atoms with Crippen LogP contribution in [-0.2, 0) is 0 Å². The quantitative estimate of drug-likeness (QED) is 0.205. The van der Waals surface area contributed by atoms with Crippen LogP contribution in [0.4, 0.5) is 0 Å². The molecule has 0 atom stereocenters. The van der Waals surface area contributed by atoms with Gasteiger partial charge in [0, 0.05) is 0 Å². The van der Waals surface area contributed by atoms with E-state index in [1.54, 1.807) is 30.3 Å². The number of rotatable bonds is 8. The van der Waals surface area contributed by atoms with E-state index in [0.717, 1.165) is 12.1 Å². The average molecular weight is 526 g/mol. The van der Waals surface area contributed by atoms with Gasteiger partial charge in [0.25, 0.3) is 0 Å². The molecule has 0 amide bonds. The van der Waals surface area contributed by atoms with Crippen molar-refractivity contribution in [1.29, 1.82) is 0 Å². The lowest BCUT2D eigenvalue weighted by atomic mass is 9.90.